The molecule has 0 amide bonds. The van der Waals surface area contributed by atoms with Crippen LogP contribution >= 0.6 is 8.58 Å². The number of carbonyl (C=O) groups is 1. The molecular weight excluding hydrogens is 370 g/mol. The van der Waals surface area contributed by atoms with E-state index in [0.29, 0.717) is 35.3 Å². The average molecular weight is 397 g/mol. The van der Waals surface area contributed by atoms with Gasteiger partial charge in [-0.05, 0) is 38.4 Å². The third kappa shape index (κ3) is 6.74. The Morgan fingerprint density at radius 1 is 0.929 bits per heavy atom. The molecule has 0 saturated heterocycles. The first kappa shape index (κ1) is 24.4. The van der Waals surface area contributed by atoms with Crippen LogP contribution in [0.4, 0.5) is 0 Å². The summed E-state index contributed by atoms with van der Waals surface area (Å²) in [5, 5.41) is 0.927. The number of ether oxygens (including phenoxy) is 4. The molecule has 0 bridgehead atoms. The van der Waals surface area contributed by atoms with Crippen LogP contribution in [0, 0.1) is 5.92 Å². The molecule has 0 aliphatic rings. The van der Waals surface area contributed by atoms with E-state index in [1.54, 1.807) is 19.2 Å². The molecule has 0 aliphatic heterocycles. The van der Waals surface area contributed by atoms with Crippen molar-refractivity contribution in [3.63, 3.8) is 0 Å². The summed E-state index contributed by atoms with van der Waals surface area (Å²) >= 11 is 0. The summed E-state index contributed by atoms with van der Waals surface area (Å²) in [6.45, 7) is 5.03. The second-order valence-electron chi connectivity index (χ2n) is 6.42. The Balaban J connectivity index is 0.00000392. The molecule has 0 aromatic heterocycles. The fourth-order valence-electron chi connectivity index (χ4n) is 2.47. The van der Waals surface area contributed by atoms with Gasteiger partial charge in [-0.1, -0.05) is 26.0 Å². The molecule has 1 radical (unpaired) electrons. The average Bonchev–Trinajstić information content (AvgIpc) is 2.67. The van der Waals surface area contributed by atoms with Crippen molar-refractivity contribution in [1.82, 2.24) is 0 Å². The molecule has 28 heavy (non-hydrogen) atoms. The minimum atomic E-state index is -0.0557. The van der Waals surface area contributed by atoms with Crippen molar-refractivity contribution < 1.29 is 23.7 Å². The molecule has 147 valence electrons. The maximum absolute atomic E-state index is 12.9. The van der Waals surface area contributed by atoms with E-state index in [9.17, 15) is 4.79 Å². The number of carbonyl (C=O) groups excluding carboxylic acids is 1. The molecule has 1 atom stereocenters. The summed E-state index contributed by atoms with van der Waals surface area (Å²) in [5.41, 5.74) is 0.372. The Labute approximate surface area is 181 Å². The van der Waals surface area contributed by atoms with Crippen molar-refractivity contribution in [2.75, 3.05) is 27.9 Å². The first-order chi connectivity index (χ1) is 13.0. The molecule has 2 aromatic rings. The van der Waals surface area contributed by atoms with Crippen molar-refractivity contribution in [1.29, 1.82) is 0 Å². The smallest absolute Gasteiger partial charge is 0.193 e. The van der Waals surface area contributed by atoms with Gasteiger partial charge in [0.2, 0.25) is 0 Å². The number of methoxy groups -OCH3 is 3. The summed E-state index contributed by atoms with van der Waals surface area (Å²) in [5.74, 6) is 2.88. The minimum absolute atomic E-state index is 0. The Bertz CT molecular complexity index is 737. The van der Waals surface area contributed by atoms with Crippen LogP contribution in [0.1, 0.15) is 30.6 Å². The van der Waals surface area contributed by atoms with Crippen LogP contribution in [-0.2, 0) is 0 Å². The predicted octanol–water partition coefficient (Wildman–Crippen LogP) is 3.90. The Morgan fingerprint density at radius 3 is 1.96 bits per heavy atom. The third-order valence-electron chi connectivity index (χ3n) is 4.02. The quantitative estimate of drug-likeness (QED) is 0.450. The van der Waals surface area contributed by atoms with E-state index in [1.807, 2.05) is 24.3 Å². The van der Waals surface area contributed by atoms with Gasteiger partial charge in [0.05, 0.1) is 27.9 Å². The largest absolute Gasteiger partial charge is 0.496 e. The van der Waals surface area contributed by atoms with E-state index < -0.39 is 0 Å². The molecular formula is C21H27LiO5P. The molecule has 2 aromatic carbocycles. The Kier molecular flexibility index (Phi) is 10.5. The van der Waals surface area contributed by atoms with Crippen molar-refractivity contribution in [2.24, 2.45) is 5.92 Å². The van der Waals surface area contributed by atoms with E-state index in [-0.39, 0.29) is 33.0 Å². The zero-order chi connectivity index (χ0) is 19.8. The molecule has 0 saturated carbocycles. The molecule has 5 nitrogen and oxygen atoms in total. The van der Waals surface area contributed by atoms with E-state index in [2.05, 4.69) is 13.8 Å². The van der Waals surface area contributed by atoms with Gasteiger partial charge in [0, 0.05) is 31.0 Å². The van der Waals surface area contributed by atoms with Crippen LogP contribution in [0.15, 0.2) is 36.4 Å². The van der Waals surface area contributed by atoms with Gasteiger partial charge in [0.25, 0.3) is 0 Å². The molecule has 2 rings (SSSR count). The topological polar surface area (TPSA) is 54.0 Å². The number of rotatable bonds is 10. The molecule has 7 heteroatoms. The monoisotopic (exact) mass is 397 g/mol. The zero-order valence-corrected chi connectivity index (χ0v) is 18.5. The van der Waals surface area contributed by atoms with Gasteiger partial charge in [-0.3, -0.25) is 4.79 Å². The molecule has 0 fully saturated rings. The normalized spacial score (nSPS) is 10.6. The van der Waals surface area contributed by atoms with Crippen molar-refractivity contribution in [2.45, 2.75) is 20.3 Å². The first-order valence-electron chi connectivity index (χ1n) is 8.82. The SMILES string of the molecule is COc1cc(OC)c(C(=O)Pc2ccc(OCCC(C)C)cc2)c(OC)c1.[Li]. The van der Waals surface area contributed by atoms with Crippen LogP contribution in [-0.4, -0.2) is 52.3 Å². The molecule has 1 unspecified atom stereocenters. The third-order valence-corrected chi connectivity index (χ3v) is 5.12. The van der Waals surface area contributed by atoms with E-state index in [4.69, 9.17) is 18.9 Å². The molecule has 0 heterocycles. The molecule has 0 spiro atoms. The van der Waals surface area contributed by atoms with E-state index in [1.165, 1.54) is 14.2 Å². The zero-order valence-electron chi connectivity index (χ0n) is 17.5. The van der Waals surface area contributed by atoms with Crippen LogP contribution in [0.2, 0.25) is 0 Å². The number of benzene rings is 2. The predicted molar refractivity (Wildman–Crippen MR) is 116 cm³/mol. The van der Waals surface area contributed by atoms with Crippen molar-refractivity contribution >= 4 is 38.3 Å². The number of hydrogen-bond donors (Lipinski definition) is 0. The van der Waals surface area contributed by atoms with Gasteiger partial charge in [0.15, 0.2) is 5.52 Å². The minimum Gasteiger partial charge on any atom is -0.496 e. The summed E-state index contributed by atoms with van der Waals surface area (Å²) < 4.78 is 21.7. The molecule has 0 N–H and O–H groups in total. The second kappa shape index (κ2) is 12.0. The summed E-state index contributed by atoms with van der Waals surface area (Å²) in [4.78, 5) is 12.9. The van der Waals surface area contributed by atoms with Gasteiger partial charge in [-0.15, -0.1) is 0 Å². The first-order valence-corrected chi connectivity index (χ1v) is 9.82. The van der Waals surface area contributed by atoms with Gasteiger partial charge in [-0.25, -0.2) is 0 Å². The Hall–Kier alpha value is -1.66. The van der Waals surface area contributed by atoms with Gasteiger partial charge in [-0.2, -0.15) is 0 Å². The second-order valence-corrected chi connectivity index (χ2v) is 7.70. The van der Waals surface area contributed by atoms with E-state index >= 15 is 0 Å². The van der Waals surface area contributed by atoms with Crippen LogP contribution < -0.4 is 24.3 Å². The fraction of sp³-hybridized carbons (Fsp3) is 0.381. The van der Waals surface area contributed by atoms with Crippen LogP contribution in [0.3, 0.4) is 0 Å². The summed E-state index contributed by atoms with van der Waals surface area (Å²) in [6, 6.07) is 11.0. The standard InChI is InChI=1S/C21H27O5P.Li/c1-14(2)10-11-26-15-6-8-17(9-7-15)27-21(22)20-18(24-4)12-16(23-3)13-19(20)25-5;/h6-9,12-14,27H,10-11H2,1-5H3;. The maximum atomic E-state index is 12.9. The van der Waals surface area contributed by atoms with Crippen LogP contribution in [0.5, 0.6) is 23.0 Å². The number of hydrogen-bond acceptors (Lipinski definition) is 5. The summed E-state index contributed by atoms with van der Waals surface area (Å²) in [6.07, 6.45) is 1.01. The van der Waals surface area contributed by atoms with Crippen LogP contribution in [0.25, 0.3) is 0 Å². The van der Waals surface area contributed by atoms with Crippen molar-refractivity contribution in [3.8, 4) is 23.0 Å². The van der Waals surface area contributed by atoms with Gasteiger partial charge < -0.3 is 18.9 Å². The van der Waals surface area contributed by atoms with Gasteiger partial charge >= 0.3 is 0 Å². The summed E-state index contributed by atoms with van der Waals surface area (Å²) in [7, 11) is 4.56. The van der Waals surface area contributed by atoms with Crippen molar-refractivity contribution in [3.05, 3.63) is 42.0 Å². The van der Waals surface area contributed by atoms with Gasteiger partial charge in [0.1, 0.15) is 28.6 Å². The Morgan fingerprint density at radius 2 is 1.50 bits per heavy atom. The maximum Gasteiger partial charge on any atom is 0.193 e. The van der Waals surface area contributed by atoms with E-state index in [0.717, 1.165) is 17.5 Å². The fourth-order valence-corrected chi connectivity index (χ4v) is 3.44. The molecule has 0 aliphatic carbocycles.